The van der Waals surface area contributed by atoms with E-state index in [9.17, 15) is 0 Å². The lowest BCUT2D eigenvalue weighted by atomic mass is 9.82. The highest BCUT2D eigenvalue weighted by Gasteiger charge is 2.45. The summed E-state index contributed by atoms with van der Waals surface area (Å²) in [6, 6.07) is 14.6. The Bertz CT molecular complexity index is 998. The normalized spacial score (nSPS) is 21.5. The number of aromatic nitrogens is 1. The van der Waals surface area contributed by atoms with Crippen LogP contribution in [0.3, 0.4) is 0 Å². The van der Waals surface area contributed by atoms with Gasteiger partial charge in [0.25, 0.3) is 0 Å². The van der Waals surface area contributed by atoms with Crippen molar-refractivity contribution in [1.82, 2.24) is 10.3 Å². The van der Waals surface area contributed by atoms with E-state index in [0.717, 1.165) is 34.7 Å². The monoisotopic (exact) mass is 335 g/mol. The molecule has 5 rings (SSSR count). The fraction of sp³-hybridized carbons (Fsp3) is 0.250. The zero-order valence-electron chi connectivity index (χ0n) is 13.7. The number of halogens is 1. The number of hydrogen-bond acceptors (Lipinski definition) is 3. The van der Waals surface area contributed by atoms with Crippen molar-refractivity contribution in [1.29, 1.82) is 0 Å². The molecule has 4 heteroatoms. The fourth-order valence-electron chi connectivity index (χ4n) is 4.47. The molecule has 3 aromatic rings. The summed E-state index contributed by atoms with van der Waals surface area (Å²) in [7, 11) is 0. The van der Waals surface area contributed by atoms with E-state index in [-0.39, 0.29) is 5.66 Å². The molecule has 3 nitrogen and oxygen atoms in total. The van der Waals surface area contributed by atoms with Crippen molar-refractivity contribution in [2.75, 3.05) is 18.0 Å². The highest BCUT2D eigenvalue weighted by molar-refractivity contribution is 6.31. The Kier molecular flexibility index (Phi) is 2.80. The van der Waals surface area contributed by atoms with Gasteiger partial charge in [0.05, 0.1) is 5.52 Å². The summed E-state index contributed by atoms with van der Waals surface area (Å²) in [4.78, 5) is 7.35. The summed E-state index contributed by atoms with van der Waals surface area (Å²) in [5.74, 6) is 0. The third-order valence-corrected chi connectivity index (χ3v) is 5.66. The Morgan fingerprint density at radius 1 is 1.21 bits per heavy atom. The second-order valence-corrected chi connectivity index (χ2v) is 7.21. The van der Waals surface area contributed by atoms with Gasteiger partial charge in [-0.3, -0.25) is 10.3 Å². The van der Waals surface area contributed by atoms with Gasteiger partial charge in [-0.2, -0.15) is 0 Å². The standard InChI is InChI=1S/C20H18ClN3/c1-12-19-18(15-11-13(21)7-8-16(15)23-12)14-5-3-4-6-17(14)24-10-9-22-20(19,24)2/h3-8,11,22H,9-10H2,1-2H3. The summed E-state index contributed by atoms with van der Waals surface area (Å²) in [6.45, 7) is 6.35. The minimum absolute atomic E-state index is 0.225. The molecule has 1 atom stereocenters. The molecule has 2 aliphatic heterocycles. The van der Waals surface area contributed by atoms with Gasteiger partial charge in [-0.1, -0.05) is 29.8 Å². The van der Waals surface area contributed by atoms with Gasteiger partial charge >= 0.3 is 0 Å². The smallest absolute Gasteiger partial charge is 0.117 e. The molecule has 1 aromatic heterocycles. The van der Waals surface area contributed by atoms with Crippen molar-refractivity contribution >= 4 is 28.2 Å². The number of benzene rings is 2. The zero-order chi connectivity index (χ0) is 16.5. The molecular formula is C20H18ClN3. The molecule has 3 heterocycles. The van der Waals surface area contributed by atoms with Crippen LogP contribution in [0, 0.1) is 6.92 Å². The van der Waals surface area contributed by atoms with E-state index >= 15 is 0 Å². The molecule has 0 spiro atoms. The first-order valence-corrected chi connectivity index (χ1v) is 8.70. The van der Waals surface area contributed by atoms with E-state index in [0.29, 0.717) is 0 Å². The number of para-hydroxylation sites is 1. The zero-order valence-corrected chi connectivity index (χ0v) is 14.5. The Labute approximate surface area is 146 Å². The van der Waals surface area contributed by atoms with Crippen molar-refractivity contribution in [2.45, 2.75) is 19.5 Å². The quantitative estimate of drug-likeness (QED) is 0.657. The van der Waals surface area contributed by atoms with Crippen LogP contribution in [-0.2, 0) is 5.66 Å². The average molecular weight is 336 g/mol. The maximum Gasteiger partial charge on any atom is 0.117 e. The van der Waals surface area contributed by atoms with E-state index in [2.05, 4.69) is 48.3 Å². The number of nitrogens with one attached hydrogen (secondary N) is 1. The molecule has 120 valence electrons. The van der Waals surface area contributed by atoms with Gasteiger partial charge in [-0.15, -0.1) is 0 Å². The molecule has 1 N–H and O–H groups in total. The van der Waals surface area contributed by atoms with Gasteiger partial charge in [0.1, 0.15) is 5.66 Å². The van der Waals surface area contributed by atoms with Gasteiger partial charge in [0.2, 0.25) is 0 Å². The van der Waals surface area contributed by atoms with Crippen LogP contribution >= 0.6 is 11.6 Å². The second kappa shape index (κ2) is 4.71. The predicted octanol–water partition coefficient (Wildman–Crippen LogP) is 4.46. The predicted molar refractivity (Wildman–Crippen MR) is 99.6 cm³/mol. The molecule has 0 saturated carbocycles. The van der Waals surface area contributed by atoms with E-state index in [1.165, 1.54) is 22.4 Å². The number of pyridine rings is 1. The SMILES string of the molecule is Cc1nc2ccc(Cl)cc2c2c1C1(C)NCCN1c1ccccc1-2. The van der Waals surface area contributed by atoms with Crippen molar-refractivity contribution in [3.05, 3.63) is 58.7 Å². The van der Waals surface area contributed by atoms with E-state index in [1.807, 2.05) is 18.2 Å². The van der Waals surface area contributed by atoms with Crippen molar-refractivity contribution in [3.8, 4) is 11.1 Å². The Balaban J connectivity index is 2.00. The lowest BCUT2D eigenvalue weighted by Crippen LogP contribution is -2.49. The van der Waals surface area contributed by atoms with Crippen LogP contribution in [0.1, 0.15) is 18.2 Å². The van der Waals surface area contributed by atoms with Crippen LogP contribution in [0.4, 0.5) is 5.69 Å². The number of anilines is 1. The summed E-state index contributed by atoms with van der Waals surface area (Å²) in [6.07, 6.45) is 0. The molecule has 24 heavy (non-hydrogen) atoms. The Morgan fingerprint density at radius 2 is 2.04 bits per heavy atom. The molecule has 2 aromatic carbocycles. The minimum Gasteiger partial charge on any atom is -0.348 e. The third-order valence-electron chi connectivity index (χ3n) is 5.42. The average Bonchev–Trinajstić information content (AvgIpc) is 2.97. The molecule has 1 unspecified atom stereocenters. The number of aryl methyl sites for hydroxylation is 1. The van der Waals surface area contributed by atoms with E-state index in [1.54, 1.807) is 0 Å². The third kappa shape index (κ3) is 1.69. The number of fused-ring (bicyclic) bond motifs is 8. The van der Waals surface area contributed by atoms with Crippen LogP contribution < -0.4 is 10.2 Å². The summed E-state index contributed by atoms with van der Waals surface area (Å²) in [5, 5.41) is 5.58. The summed E-state index contributed by atoms with van der Waals surface area (Å²) in [5.41, 5.74) is 6.95. The van der Waals surface area contributed by atoms with Gasteiger partial charge in [0.15, 0.2) is 0 Å². The van der Waals surface area contributed by atoms with Crippen molar-refractivity contribution in [3.63, 3.8) is 0 Å². The lowest BCUT2D eigenvalue weighted by Gasteiger charge is -2.44. The lowest BCUT2D eigenvalue weighted by molar-refractivity contribution is 0.430. The molecule has 0 amide bonds. The van der Waals surface area contributed by atoms with Crippen LogP contribution in [0.5, 0.6) is 0 Å². The topological polar surface area (TPSA) is 28.2 Å². The molecule has 0 bridgehead atoms. The van der Waals surface area contributed by atoms with Crippen LogP contribution in [0.2, 0.25) is 5.02 Å². The Hall–Kier alpha value is -2.10. The molecule has 1 saturated heterocycles. The number of nitrogens with zero attached hydrogens (tertiary/aromatic N) is 2. The van der Waals surface area contributed by atoms with Crippen molar-refractivity contribution < 1.29 is 0 Å². The number of hydrogen-bond donors (Lipinski definition) is 1. The number of rotatable bonds is 0. The first-order valence-electron chi connectivity index (χ1n) is 8.32. The van der Waals surface area contributed by atoms with Crippen LogP contribution in [0.25, 0.3) is 22.0 Å². The largest absolute Gasteiger partial charge is 0.348 e. The van der Waals surface area contributed by atoms with Gasteiger partial charge in [0, 0.05) is 51.6 Å². The molecule has 0 aliphatic carbocycles. The highest BCUT2D eigenvalue weighted by atomic mass is 35.5. The van der Waals surface area contributed by atoms with Crippen LogP contribution in [-0.4, -0.2) is 18.1 Å². The minimum atomic E-state index is -0.225. The fourth-order valence-corrected chi connectivity index (χ4v) is 4.64. The first kappa shape index (κ1) is 14.3. The van der Waals surface area contributed by atoms with E-state index < -0.39 is 0 Å². The highest BCUT2D eigenvalue weighted by Crippen LogP contribution is 2.51. The second-order valence-electron chi connectivity index (χ2n) is 6.78. The Morgan fingerprint density at radius 3 is 2.92 bits per heavy atom. The summed E-state index contributed by atoms with van der Waals surface area (Å²) >= 11 is 6.32. The maximum absolute atomic E-state index is 6.32. The first-order chi connectivity index (χ1) is 11.6. The van der Waals surface area contributed by atoms with Crippen molar-refractivity contribution in [2.24, 2.45) is 0 Å². The molecular weight excluding hydrogens is 318 g/mol. The molecule has 1 fully saturated rings. The van der Waals surface area contributed by atoms with Gasteiger partial charge < -0.3 is 4.90 Å². The summed E-state index contributed by atoms with van der Waals surface area (Å²) < 4.78 is 0. The molecule has 0 radical (unpaired) electrons. The van der Waals surface area contributed by atoms with Gasteiger partial charge in [-0.05, 0) is 38.1 Å². The van der Waals surface area contributed by atoms with Gasteiger partial charge in [-0.25, -0.2) is 0 Å². The molecule has 2 aliphatic rings. The van der Waals surface area contributed by atoms with E-state index in [4.69, 9.17) is 16.6 Å². The van der Waals surface area contributed by atoms with Crippen LogP contribution in [0.15, 0.2) is 42.5 Å². The maximum atomic E-state index is 6.32.